The fraction of sp³-hybridized carbons (Fsp3) is 0.348. The Hall–Kier alpha value is -3.55. The molecule has 2 aromatic carbocycles. The van der Waals surface area contributed by atoms with Crippen molar-refractivity contribution in [1.82, 2.24) is 10.2 Å². The number of hydrogen-bond donors (Lipinski definition) is 2. The molecule has 0 saturated heterocycles. The van der Waals surface area contributed by atoms with Gasteiger partial charge in [0.2, 0.25) is 11.8 Å². The Morgan fingerprint density at radius 2 is 1.81 bits per heavy atom. The molecular weight excluding hydrogens is 398 g/mol. The van der Waals surface area contributed by atoms with E-state index in [1.54, 1.807) is 37.3 Å². The first-order valence-electron chi connectivity index (χ1n) is 10.3. The first kappa shape index (κ1) is 22.1. The summed E-state index contributed by atoms with van der Waals surface area (Å²) in [4.78, 5) is 38.5. The SMILES string of the molecule is CCN(CC(=O)Nc1ccc2c(c1)OCCO2)C(=O)CCNC(=O)c1cccc(C)c1. The predicted octanol–water partition coefficient (Wildman–Crippen LogP) is 2.37. The van der Waals surface area contributed by atoms with Gasteiger partial charge in [-0.05, 0) is 38.1 Å². The number of hydrogen-bond acceptors (Lipinski definition) is 5. The number of ether oxygens (including phenoxy) is 2. The zero-order chi connectivity index (χ0) is 22.2. The van der Waals surface area contributed by atoms with Gasteiger partial charge in [-0.2, -0.15) is 0 Å². The maximum Gasteiger partial charge on any atom is 0.251 e. The van der Waals surface area contributed by atoms with Crippen LogP contribution in [0.4, 0.5) is 5.69 Å². The lowest BCUT2D eigenvalue weighted by molar-refractivity contribution is -0.134. The number of nitrogens with zero attached hydrogens (tertiary/aromatic N) is 1. The second-order valence-corrected chi connectivity index (χ2v) is 7.19. The highest BCUT2D eigenvalue weighted by molar-refractivity contribution is 5.96. The van der Waals surface area contributed by atoms with Crippen LogP contribution in [0.3, 0.4) is 0 Å². The Balaban J connectivity index is 1.46. The van der Waals surface area contributed by atoms with E-state index in [9.17, 15) is 14.4 Å². The number of likely N-dealkylation sites (N-methyl/N-ethyl adjacent to an activating group) is 1. The molecule has 3 amide bonds. The molecule has 0 aromatic heterocycles. The van der Waals surface area contributed by atoms with Crippen LogP contribution < -0.4 is 20.1 Å². The third-order valence-corrected chi connectivity index (χ3v) is 4.80. The van der Waals surface area contributed by atoms with Crippen LogP contribution in [0.2, 0.25) is 0 Å². The van der Waals surface area contributed by atoms with Gasteiger partial charge in [-0.1, -0.05) is 17.7 Å². The first-order valence-corrected chi connectivity index (χ1v) is 10.3. The van der Waals surface area contributed by atoms with Crippen LogP contribution in [0.15, 0.2) is 42.5 Å². The van der Waals surface area contributed by atoms with E-state index in [0.717, 1.165) is 5.56 Å². The fourth-order valence-corrected chi connectivity index (χ4v) is 3.20. The van der Waals surface area contributed by atoms with E-state index in [0.29, 0.717) is 42.5 Å². The summed E-state index contributed by atoms with van der Waals surface area (Å²) in [6.07, 6.45) is 0.114. The van der Waals surface area contributed by atoms with Crippen LogP contribution >= 0.6 is 0 Å². The van der Waals surface area contributed by atoms with Crippen molar-refractivity contribution in [1.29, 1.82) is 0 Å². The third-order valence-electron chi connectivity index (χ3n) is 4.80. The molecule has 1 aliphatic rings. The second kappa shape index (κ2) is 10.5. The van der Waals surface area contributed by atoms with Gasteiger partial charge >= 0.3 is 0 Å². The highest BCUT2D eigenvalue weighted by Crippen LogP contribution is 2.32. The minimum atomic E-state index is -0.310. The molecule has 0 unspecified atom stereocenters. The third kappa shape index (κ3) is 6.21. The van der Waals surface area contributed by atoms with Gasteiger partial charge in [0, 0.05) is 36.8 Å². The molecule has 1 aliphatic heterocycles. The van der Waals surface area contributed by atoms with E-state index >= 15 is 0 Å². The van der Waals surface area contributed by atoms with Crippen LogP contribution in [-0.2, 0) is 9.59 Å². The van der Waals surface area contributed by atoms with Crippen molar-refractivity contribution < 1.29 is 23.9 Å². The summed E-state index contributed by atoms with van der Waals surface area (Å²) in [5, 5.41) is 5.52. The molecule has 8 heteroatoms. The van der Waals surface area contributed by atoms with Crippen LogP contribution in [0.1, 0.15) is 29.3 Å². The van der Waals surface area contributed by atoms with Crippen molar-refractivity contribution in [3.63, 3.8) is 0 Å². The maximum atomic E-state index is 12.5. The molecular formula is C23H27N3O5. The quantitative estimate of drug-likeness (QED) is 0.677. The van der Waals surface area contributed by atoms with Gasteiger partial charge in [0.15, 0.2) is 11.5 Å². The molecule has 1 heterocycles. The van der Waals surface area contributed by atoms with Crippen molar-refractivity contribution in [3.05, 3.63) is 53.6 Å². The molecule has 0 spiro atoms. The van der Waals surface area contributed by atoms with E-state index in [-0.39, 0.29) is 37.2 Å². The maximum absolute atomic E-state index is 12.5. The van der Waals surface area contributed by atoms with E-state index in [4.69, 9.17) is 9.47 Å². The lowest BCUT2D eigenvalue weighted by atomic mass is 10.1. The van der Waals surface area contributed by atoms with Crippen LogP contribution in [-0.4, -0.2) is 55.5 Å². The highest BCUT2D eigenvalue weighted by Gasteiger charge is 2.17. The Bertz CT molecular complexity index is 960. The smallest absolute Gasteiger partial charge is 0.251 e. The van der Waals surface area contributed by atoms with E-state index in [2.05, 4.69) is 10.6 Å². The number of nitrogens with one attached hydrogen (secondary N) is 2. The number of rotatable bonds is 8. The average molecular weight is 425 g/mol. The summed E-state index contributed by atoms with van der Waals surface area (Å²) in [5.74, 6) is 0.482. The predicted molar refractivity (Wildman–Crippen MR) is 116 cm³/mol. The van der Waals surface area contributed by atoms with Crippen molar-refractivity contribution in [3.8, 4) is 11.5 Å². The topological polar surface area (TPSA) is 97.0 Å². The summed E-state index contributed by atoms with van der Waals surface area (Å²) in [6, 6.07) is 12.4. The molecule has 31 heavy (non-hydrogen) atoms. The Morgan fingerprint density at radius 1 is 1.03 bits per heavy atom. The van der Waals surface area contributed by atoms with Gasteiger partial charge in [0.25, 0.3) is 5.91 Å². The molecule has 0 bridgehead atoms. The van der Waals surface area contributed by atoms with Crippen LogP contribution in [0.25, 0.3) is 0 Å². The molecule has 0 radical (unpaired) electrons. The number of anilines is 1. The lowest BCUT2D eigenvalue weighted by Gasteiger charge is -2.21. The summed E-state index contributed by atoms with van der Waals surface area (Å²) < 4.78 is 11.0. The summed E-state index contributed by atoms with van der Waals surface area (Å²) in [5.41, 5.74) is 2.12. The molecule has 8 nitrogen and oxygen atoms in total. The number of benzene rings is 2. The van der Waals surface area contributed by atoms with Gasteiger partial charge in [0.1, 0.15) is 13.2 Å². The minimum Gasteiger partial charge on any atom is -0.486 e. The first-order chi connectivity index (χ1) is 15.0. The zero-order valence-electron chi connectivity index (χ0n) is 17.8. The van der Waals surface area contributed by atoms with Crippen molar-refractivity contribution >= 4 is 23.4 Å². The minimum absolute atomic E-state index is 0.0738. The van der Waals surface area contributed by atoms with Gasteiger partial charge in [-0.15, -0.1) is 0 Å². The summed E-state index contributed by atoms with van der Waals surface area (Å²) in [6.45, 7) is 5.19. The molecule has 0 atom stereocenters. The molecule has 0 fully saturated rings. The lowest BCUT2D eigenvalue weighted by Crippen LogP contribution is -2.39. The zero-order valence-corrected chi connectivity index (χ0v) is 17.8. The second-order valence-electron chi connectivity index (χ2n) is 7.19. The van der Waals surface area contributed by atoms with Crippen molar-refractivity contribution in [2.24, 2.45) is 0 Å². The molecule has 164 valence electrons. The molecule has 3 rings (SSSR count). The number of amides is 3. The van der Waals surface area contributed by atoms with E-state index in [1.165, 1.54) is 4.90 Å². The molecule has 0 saturated carbocycles. The largest absolute Gasteiger partial charge is 0.486 e. The van der Waals surface area contributed by atoms with E-state index < -0.39 is 0 Å². The van der Waals surface area contributed by atoms with Crippen molar-refractivity contribution in [2.45, 2.75) is 20.3 Å². The highest BCUT2D eigenvalue weighted by atomic mass is 16.6. The summed E-state index contributed by atoms with van der Waals surface area (Å²) in [7, 11) is 0. The Labute approximate surface area is 181 Å². The monoisotopic (exact) mass is 425 g/mol. The van der Waals surface area contributed by atoms with Gasteiger partial charge < -0.3 is 25.0 Å². The van der Waals surface area contributed by atoms with Crippen LogP contribution in [0.5, 0.6) is 11.5 Å². The Morgan fingerprint density at radius 3 is 2.55 bits per heavy atom. The number of carbonyl (C=O) groups is 3. The molecule has 2 N–H and O–H groups in total. The average Bonchev–Trinajstić information content (AvgIpc) is 2.77. The van der Waals surface area contributed by atoms with Crippen molar-refractivity contribution in [2.75, 3.05) is 38.2 Å². The summed E-state index contributed by atoms with van der Waals surface area (Å²) >= 11 is 0. The number of aryl methyl sites for hydroxylation is 1. The standard InChI is InChI=1S/C23H27N3O5/c1-3-26(22(28)9-10-24-23(29)17-6-4-5-16(2)13-17)15-21(27)25-18-7-8-19-20(14-18)31-12-11-30-19/h4-8,13-14H,3,9-12,15H2,1-2H3,(H,24,29)(H,25,27). The number of carbonyl (C=O) groups excluding carboxylic acids is 3. The van der Waals surface area contributed by atoms with E-state index in [1.807, 2.05) is 19.1 Å². The fourth-order valence-electron chi connectivity index (χ4n) is 3.20. The normalized spacial score (nSPS) is 12.1. The van der Waals surface area contributed by atoms with Gasteiger partial charge in [-0.25, -0.2) is 0 Å². The van der Waals surface area contributed by atoms with Gasteiger partial charge in [-0.3, -0.25) is 14.4 Å². The van der Waals surface area contributed by atoms with Crippen LogP contribution in [0, 0.1) is 6.92 Å². The number of fused-ring (bicyclic) bond motifs is 1. The molecule has 0 aliphatic carbocycles. The Kier molecular flexibility index (Phi) is 7.48. The van der Waals surface area contributed by atoms with Gasteiger partial charge in [0.05, 0.1) is 6.54 Å². The molecule has 2 aromatic rings.